The Balaban J connectivity index is 2.46. The van der Waals surface area contributed by atoms with Gasteiger partial charge in [-0.25, -0.2) is 4.98 Å². The van der Waals surface area contributed by atoms with Crippen LogP contribution in [0.2, 0.25) is 5.15 Å². The molecule has 1 amide bonds. The number of aromatic nitrogens is 1. The van der Waals surface area contributed by atoms with Crippen molar-refractivity contribution in [2.45, 2.75) is 32.8 Å². The van der Waals surface area contributed by atoms with Crippen molar-refractivity contribution in [3.8, 4) is 5.75 Å². The van der Waals surface area contributed by atoms with Crippen LogP contribution < -0.4 is 10.1 Å². The largest absolute Gasteiger partial charge is 0.478 e. The van der Waals surface area contributed by atoms with Gasteiger partial charge in [0, 0.05) is 12.7 Å². The lowest BCUT2D eigenvalue weighted by Crippen LogP contribution is -2.36. The average molecular weight is 257 g/mol. The molecule has 0 aliphatic heterocycles. The van der Waals surface area contributed by atoms with Crippen LogP contribution in [0.4, 0.5) is 0 Å². The quantitative estimate of drug-likeness (QED) is 0.628. The van der Waals surface area contributed by atoms with Gasteiger partial charge in [-0.15, -0.1) is 0 Å². The summed E-state index contributed by atoms with van der Waals surface area (Å²) >= 11 is 5.83. The van der Waals surface area contributed by atoms with Gasteiger partial charge in [-0.3, -0.25) is 4.79 Å². The van der Waals surface area contributed by atoms with E-state index in [1.807, 2.05) is 0 Å². The zero-order valence-electron chi connectivity index (χ0n) is 10.1. The Kier molecular flexibility index (Phi) is 5.77. The highest BCUT2D eigenvalue weighted by molar-refractivity contribution is 6.30. The monoisotopic (exact) mass is 256 g/mol. The first-order valence-electron chi connectivity index (χ1n) is 5.70. The van der Waals surface area contributed by atoms with E-state index in [4.69, 9.17) is 16.3 Å². The molecule has 17 heavy (non-hydrogen) atoms. The Morgan fingerprint density at radius 1 is 1.65 bits per heavy atom. The standard InChI is InChI=1S/C12H17ClN2O2/c1-3-4-7-15-12(16)9(2)17-10-6-5-8-14-11(10)13/h5-6,8-9H,3-4,7H2,1-2H3,(H,15,16). The highest BCUT2D eigenvalue weighted by atomic mass is 35.5. The first-order valence-corrected chi connectivity index (χ1v) is 6.07. The number of nitrogens with one attached hydrogen (secondary N) is 1. The second-order valence-corrected chi connectivity index (χ2v) is 4.06. The summed E-state index contributed by atoms with van der Waals surface area (Å²) in [5.41, 5.74) is 0. The molecule has 1 rings (SSSR count). The van der Waals surface area contributed by atoms with Gasteiger partial charge in [0.1, 0.15) is 0 Å². The molecule has 0 aromatic carbocycles. The zero-order valence-corrected chi connectivity index (χ0v) is 10.8. The third-order valence-corrected chi connectivity index (χ3v) is 2.51. The van der Waals surface area contributed by atoms with Crippen LogP contribution in [0.1, 0.15) is 26.7 Å². The SMILES string of the molecule is CCCCNC(=O)C(C)Oc1cccnc1Cl. The highest BCUT2D eigenvalue weighted by Gasteiger charge is 2.15. The molecular formula is C12H17ClN2O2. The summed E-state index contributed by atoms with van der Waals surface area (Å²) < 4.78 is 5.43. The van der Waals surface area contributed by atoms with Crippen LogP contribution in [0.15, 0.2) is 18.3 Å². The molecule has 1 aromatic heterocycles. The Labute approximate surface area is 106 Å². The Morgan fingerprint density at radius 3 is 3.06 bits per heavy atom. The number of rotatable bonds is 6. The van der Waals surface area contributed by atoms with Crippen LogP contribution >= 0.6 is 11.6 Å². The number of halogens is 1. The van der Waals surface area contributed by atoms with Crippen molar-refractivity contribution >= 4 is 17.5 Å². The van der Waals surface area contributed by atoms with Crippen LogP contribution in [0.25, 0.3) is 0 Å². The first-order chi connectivity index (χ1) is 8.15. The summed E-state index contributed by atoms with van der Waals surface area (Å²) in [6.45, 7) is 4.43. The summed E-state index contributed by atoms with van der Waals surface area (Å²) in [5.74, 6) is 0.283. The molecule has 1 heterocycles. The van der Waals surface area contributed by atoms with E-state index in [-0.39, 0.29) is 11.1 Å². The average Bonchev–Trinajstić information content (AvgIpc) is 2.32. The molecule has 0 saturated heterocycles. The van der Waals surface area contributed by atoms with Gasteiger partial charge >= 0.3 is 0 Å². The number of pyridine rings is 1. The maximum atomic E-state index is 11.6. The van der Waals surface area contributed by atoms with Crippen molar-refractivity contribution < 1.29 is 9.53 Å². The van der Waals surface area contributed by atoms with E-state index >= 15 is 0 Å². The van der Waals surface area contributed by atoms with E-state index in [9.17, 15) is 4.79 Å². The van der Waals surface area contributed by atoms with Gasteiger partial charge in [0.25, 0.3) is 5.91 Å². The number of amides is 1. The summed E-state index contributed by atoms with van der Waals surface area (Å²) in [4.78, 5) is 15.5. The molecule has 0 spiro atoms. The second kappa shape index (κ2) is 7.12. The molecule has 1 atom stereocenters. The number of carbonyl (C=O) groups is 1. The molecule has 1 aromatic rings. The van der Waals surface area contributed by atoms with Crippen LogP contribution in [0.3, 0.4) is 0 Å². The van der Waals surface area contributed by atoms with Gasteiger partial charge < -0.3 is 10.1 Å². The van der Waals surface area contributed by atoms with Crippen LogP contribution in [0.5, 0.6) is 5.75 Å². The van der Waals surface area contributed by atoms with Gasteiger partial charge in [0.05, 0.1) is 0 Å². The molecule has 0 aliphatic rings. The molecule has 0 aliphatic carbocycles. The molecule has 5 heteroatoms. The lowest BCUT2D eigenvalue weighted by atomic mass is 10.3. The lowest BCUT2D eigenvalue weighted by Gasteiger charge is -2.14. The fraction of sp³-hybridized carbons (Fsp3) is 0.500. The van der Waals surface area contributed by atoms with Gasteiger partial charge in [-0.2, -0.15) is 0 Å². The summed E-state index contributed by atoms with van der Waals surface area (Å²) in [6, 6.07) is 3.40. The number of ether oxygens (including phenoxy) is 1. The normalized spacial score (nSPS) is 11.9. The van der Waals surface area contributed by atoms with E-state index in [1.54, 1.807) is 25.3 Å². The predicted molar refractivity (Wildman–Crippen MR) is 67.3 cm³/mol. The Bertz CT molecular complexity index is 371. The van der Waals surface area contributed by atoms with Crippen LogP contribution in [-0.4, -0.2) is 23.5 Å². The number of carbonyl (C=O) groups excluding carboxylic acids is 1. The van der Waals surface area contributed by atoms with Crippen molar-refractivity contribution in [2.24, 2.45) is 0 Å². The third-order valence-electron chi connectivity index (χ3n) is 2.23. The molecule has 0 fully saturated rings. The molecule has 0 saturated carbocycles. The van der Waals surface area contributed by atoms with Crippen molar-refractivity contribution in [3.05, 3.63) is 23.5 Å². The minimum atomic E-state index is -0.575. The number of unbranched alkanes of at least 4 members (excludes halogenated alkanes) is 1. The van der Waals surface area contributed by atoms with Crippen LogP contribution in [0, 0.1) is 0 Å². The topological polar surface area (TPSA) is 51.2 Å². The van der Waals surface area contributed by atoms with Crippen molar-refractivity contribution in [3.63, 3.8) is 0 Å². The van der Waals surface area contributed by atoms with Crippen molar-refractivity contribution in [1.82, 2.24) is 10.3 Å². The first kappa shape index (κ1) is 13.8. The van der Waals surface area contributed by atoms with Crippen LogP contribution in [-0.2, 0) is 4.79 Å². The lowest BCUT2D eigenvalue weighted by molar-refractivity contribution is -0.127. The van der Waals surface area contributed by atoms with E-state index < -0.39 is 6.10 Å². The number of hydrogen-bond donors (Lipinski definition) is 1. The Morgan fingerprint density at radius 2 is 2.41 bits per heavy atom. The zero-order chi connectivity index (χ0) is 12.7. The fourth-order valence-corrected chi connectivity index (χ4v) is 1.40. The molecule has 0 bridgehead atoms. The summed E-state index contributed by atoms with van der Waals surface area (Å²) in [5, 5.41) is 3.06. The maximum Gasteiger partial charge on any atom is 0.260 e. The smallest absolute Gasteiger partial charge is 0.260 e. The summed E-state index contributed by atoms with van der Waals surface area (Å²) in [6.07, 6.45) is 3.01. The number of nitrogens with zero attached hydrogens (tertiary/aromatic N) is 1. The van der Waals surface area contributed by atoms with E-state index in [2.05, 4.69) is 17.2 Å². The van der Waals surface area contributed by atoms with Gasteiger partial charge in [-0.1, -0.05) is 24.9 Å². The van der Waals surface area contributed by atoms with E-state index in [0.29, 0.717) is 12.3 Å². The molecule has 1 unspecified atom stereocenters. The van der Waals surface area contributed by atoms with Crippen molar-refractivity contribution in [2.75, 3.05) is 6.54 Å². The molecule has 1 N–H and O–H groups in total. The summed E-state index contributed by atoms with van der Waals surface area (Å²) in [7, 11) is 0. The van der Waals surface area contributed by atoms with E-state index in [0.717, 1.165) is 12.8 Å². The van der Waals surface area contributed by atoms with Gasteiger partial charge in [0.2, 0.25) is 0 Å². The maximum absolute atomic E-state index is 11.6. The van der Waals surface area contributed by atoms with E-state index in [1.165, 1.54) is 0 Å². The third kappa shape index (κ3) is 4.61. The van der Waals surface area contributed by atoms with Gasteiger partial charge in [-0.05, 0) is 25.5 Å². The van der Waals surface area contributed by atoms with Gasteiger partial charge in [0.15, 0.2) is 17.0 Å². The Hall–Kier alpha value is -1.29. The highest BCUT2D eigenvalue weighted by Crippen LogP contribution is 2.21. The number of hydrogen-bond acceptors (Lipinski definition) is 3. The minimum Gasteiger partial charge on any atom is -0.478 e. The van der Waals surface area contributed by atoms with Crippen molar-refractivity contribution in [1.29, 1.82) is 0 Å². The molecular weight excluding hydrogens is 240 g/mol. The minimum absolute atomic E-state index is 0.140. The molecule has 4 nitrogen and oxygen atoms in total. The molecule has 94 valence electrons. The predicted octanol–water partition coefficient (Wildman–Crippen LogP) is 2.42. The second-order valence-electron chi connectivity index (χ2n) is 3.70. The fourth-order valence-electron chi connectivity index (χ4n) is 1.24. The molecule has 0 radical (unpaired) electrons.